The molecule has 12 atom stereocenters. The standard InChI is InChI=1S/C56H84N10O10/c1-5-41(57-3)49(69)63-47-37(33-67)23-25-39-27-29-43(65(39)55(47)75)51(71)61-45(35-19-13-11-14-20-35)53(73)59-31-17-9-7-8-10-18-32-60-54(74)46(36-21-15-12-16-22-36)62-52(72)44-30-28-40-26-24-38(34-68)48(56(76)66(40)44)64-50(70)42(6-2)58-4/h11-16,19-22,37-48,57-58,67-68H,5-10,17-18,23-34H2,1-4H3,(H,59,73)(H,60,74)(H,61,71)(H,62,72)(H,63,69)(H,64,70)/t37-,38-,39+,40?,41+,42+,43+,44+,45+,46+,47+,48+/m1/s1. The van der Waals surface area contributed by atoms with Crippen LogP contribution in [0.2, 0.25) is 0 Å². The number of hydrogen-bond donors (Lipinski definition) is 10. The molecule has 4 aliphatic rings. The summed E-state index contributed by atoms with van der Waals surface area (Å²) in [6.45, 7) is 3.92. The van der Waals surface area contributed by atoms with Crippen LogP contribution in [-0.2, 0) is 38.4 Å². The summed E-state index contributed by atoms with van der Waals surface area (Å²) in [7, 11) is 3.34. The van der Waals surface area contributed by atoms with E-state index >= 15 is 0 Å². The van der Waals surface area contributed by atoms with Crippen molar-refractivity contribution in [2.75, 3.05) is 40.4 Å². The molecule has 418 valence electrons. The minimum absolute atomic E-state index is 0.233. The Balaban J connectivity index is 0.954. The number of carbonyl (C=O) groups is 8. The Morgan fingerprint density at radius 2 is 0.868 bits per heavy atom. The number of hydrogen-bond acceptors (Lipinski definition) is 12. The van der Waals surface area contributed by atoms with E-state index in [1.54, 1.807) is 72.4 Å². The Morgan fingerprint density at radius 3 is 1.21 bits per heavy atom. The lowest BCUT2D eigenvalue weighted by Crippen LogP contribution is -2.59. The molecule has 0 saturated carbocycles. The summed E-state index contributed by atoms with van der Waals surface area (Å²) >= 11 is 0. The molecule has 4 saturated heterocycles. The van der Waals surface area contributed by atoms with Gasteiger partial charge in [-0.05, 0) is 102 Å². The smallest absolute Gasteiger partial charge is 0.247 e. The van der Waals surface area contributed by atoms with Crippen LogP contribution in [0.3, 0.4) is 0 Å². The number of amides is 8. The minimum atomic E-state index is -1.01. The van der Waals surface area contributed by atoms with Crippen LogP contribution in [0.4, 0.5) is 0 Å². The molecule has 2 aromatic carbocycles. The van der Waals surface area contributed by atoms with Crippen molar-refractivity contribution < 1.29 is 48.6 Å². The van der Waals surface area contributed by atoms with Gasteiger partial charge in [-0.2, -0.15) is 0 Å². The molecule has 76 heavy (non-hydrogen) atoms. The predicted molar refractivity (Wildman–Crippen MR) is 285 cm³/mol. The van der Waals surface area contributed by atoms with E-state index in [2.05, 4.69) is 42.5 Å². The number of aliphatic hydroxyl groups excluding tert-OH is 2. The fourth-order valence-corrected chi connectivity index (χ4v) is 11.6. The van der Waals surface area contributed by atoms with Crippen molar-refractivity contribution in [3.05, 3.63) is 71.8 Å². The molecule has 4 heterocycles. The zero-order chi connectivity index (χ0) is 54.7. The van der Waals surface area contributed by atoms with Crippen molar-refractivity contribution in [1.29, 1.82) is 0 Å². The fourth-order valence-electron chi connectivity index (χ4n) is 11.6. The van der Waals surface area contributed by atoms with E-state index < -0.39 is 83.8 Å². The Morgan fingerprint density at radius 1 is 0.513 bits per heavy atom. The third kappa shape index (κ3) is 14.9. The highest BCUT2D eigenvalue weighted by Gasteiger charge is 2.50. The SMILES string of the molecule is CC[C@H](NC)C(=O)N[C@@H]1C(=O)N2C(CC[C@@H]1CO)CC[C@H]2C(=O)N[C@H](C(=O)NCCCCCCCCNC(=O)[C@@H](NC(=O)[C@@H]1CC[C@@H]2CC[C@H](CO)[C@H](NC(=O)[C@H](CC)NC)C(=O)N21)c1ccccc1)c1ccccc1. The molecule has 8 amide bonds. The van der Waals surface area contributed by atoms with E-state index in [0.29, 0.717) is 101 Å². The molecule has 2 aromatic rings. The number of nitrogens with one attached hydrogen (secondary N) is 8. The molecule has 0 aliphatic carbocycles. The molecule has 1 unspecified atom stereocenters. The zero-order valence-electron chi connectivity index (χ0n) is 44.9. The highest BCUT2D eigenvalue weighted by molar-refractivity contribution is 5.97. The van der Waals surface area contributed by atoms with Crippen LogP contribution >= 0.6 is 0 Å². The highest BCUT2D eigenvalue weighted by atomic mass is 16.3. The van der Waals surface area contributed by atoms with Gasteiger partial charge in [0.1, 0.15) is 36.3 Å². The lowest BCUT2D eigenvalue weighted by atomic mass is 9.93. The highest BCUT2D eigenvalue weighted by Crippen LogP contribution is 2.36. The van der Waals surface area contributed by atoms with Gasteiger partial charge in [-0.15, -0.1) is 0 Å². The second kappa shape index (κ2) is 29.5. The predicted octanol–water partition coefficient (Wildman–Crippen LogP) is 1.76. The summed E-state index contributed by atoms with van der Waals surface area (Å²) in [6.07, 6.45) is 10.0. The third-order valence-electron chi connectivity index (χ3n) is 16.1. The van der Waals surface area contributed by atoms with E-state index in [-0.39, 0.29) is 48.9 Å². The van der Waals surface area contributed by atoms with Crippen LogP contribution in [0.5, 0.6) is 0 Å². The summed E-state index contributed by atoms with van der Waals surface area (Å²) in [5.41, 5.74) is 1.19. The van der Waals surface area contributed by atoms with Crippen LogP contribution in [0.15, 0.2) is 60.7 Å². The zero-order valence-corrected chi connectivity index (χ0v) is 44.9. The van der Waals surface area contributed by atoms with Gasteiger partial charge in [0.05, 0.1) is 12.1 Å². The molecule has 20 nitrogen and oxygen atoms in total. The first kappa shape index (κ1) is 59.3. The average molecular weight is 1060 g/mol. The van der Waals surface area contributed by atoms with Gasteiger partial charge in [0.2, 0.25) is 47.3 Å². The van der Waals surface area contributed by atoms with Crippen LogP contribution < -0.4 is 42.5 Å². The first-order valence-electron chi connectivity index (χ1n) is 27.9. The van der Waals surface area contributed by atoms with E-state index in [4.69, 9.17) is 0 Å². The van der Waals surface area contributed by atoms with Gasteiger partial charge in [0.25, 0.3) is 0 Å². The van der Waals surface area contributed by atoms with E-state index in [1.165, 1.54) is 0 Å². The van der Waals surface area contributed by atoms with Crippen molar-refractivity contribution >= 4 is 47.3 Å². The first-order chi connectivity index (χ1) is 36.8. The number of carbonyl (C=O) groups excluding carboxylic acids is 8. The molecule has 4 aliphatic heterocycles. The van der Waals surface area contributed by atoms with Crippen molar-refractivity contribution in [3.63, 3.8) is 0 Å². The van der Waals surface area contributed by atoms with E-state index in [9.17, 15) is 48.6 Å². The summed E-state index contributed by atoms with van der Waals surface area (Å²) in [4.78, 5) is 114. The molecule has 0 radical (unpaired) electrons. The maximum Gasteiger partial charge on any atom is 0.247 e. The molecule has 0 spiro atoms. The van der Waals surface area contributed by atoms with Gasteiger partial charge < -0.3 is 62.5 Å². The topological polar surface area (TPSA) is 280 Å². The lowest BCUT2D eigenvalue weighted by Gasteiger charge is -2.33. The van der Waals surface area contributed by atoms with Gasteiger partial charge in [-0.1, -0.05) is 100 Å². The number of nitrogens with zero attached hydrogens (tertiary/aromatic N) is 2. The largest absolute Gasteiger partial charge is 0.396 e. The van der Waals surface area contributed by atoms with Crippen LogP contribution in [0.25, 0.3) is 0 Å². The van der Waals surface area contributed by atoms with Crippen molar-refractivity contribution in [1.82, 2.24) is 52.3 Å². The van der Waals surface area contributed by atoms with E-state index in [1.807, 2.05) is 26.0 Å². The van der Waals surface area contributed by atoms with Gasteiger partial charge in [-0.25, -0.2) is 0 Å². The van der Waals surface area contributed by atoms with Gasteiger partial charge in [0.15, 0.2) is 0 Å². The van der Waals surface area contributed by atoms with Crippen molar-refractivity contribution in [2.24, 2.45) is 11.8 Å². The average Bonchev–Trinajstić information content (AvgIpc) is 4.02. The number of unbranched alkanes of at least 4 members (excludes halogenated alkanes) is 5. The molecule has 6 rings (SSSR count). The van der Waals surface area contributed by atoms with E-state index in [0.717, 1.165) is 25.7 Å². The van der Waals surface area contributed by atoms with Crippen molar-refractivity contribution in [3.8, 4) is 0 Å². The number of rotatable bonds is 27. The minimum Gasteiger partial charge on any atom is -0.396 e. The normalized spacial score (nSPS) is 24.9. The molecule has 0 bridgehead atoms. The summed E-state index contributed by atoms with van der Waals surface area (Å²) in [5.74, 6) is -4.14. The third-order valence-corrected chi connectivity index (χ3v) is 16.1. The fraction of sp³-hybridized carbons (Fsp3) is 0.643. The van der Waals surface area contributed by atoms with Gasteiger partial charge in [0, 0.05) is 50.2 Å². The molecule has 0 aromatic heterocycles. The van der Waals surface area contributed by atoms with Crippen LogP contribution in [0.1, 0.15) is 140 Å². The van der Waals surface area contributed by atoms with Crippen LogP contribution in [0, 0.1) is 11.8 Å². The molecular weight excluding hydrogens is 973 g/mol. The second-order valence-electron chi connectivity index (χ2n) is 20.9. The molecule has 20 heteroatoms. The van der Waals surface area contributed by atoms with Gasteiger partial charge >= 0.3 is 0 Å². The number of benzene rings is 2. The number of aliphatic hydroxyl groups is 2. The molecular formula is C56H84N10O10. The Hall–Kier alpha value is -5.96. The first-order valence-corrected chi connectivity index (χ1v) is 27.9. The monoisotopic (exact) mass is 1060 g/mol. The maximum absolute atomic E-state index is 14.2. The van der Waals surface area contributed by atoms with Crippen molar-refractivity contribution in [2.45, 2.75) is 177 Å². The molecule has 4 fully saturated rings. The summed E-state index contributed by atoms with van der Waals surface area (Å²) in [6, 6.07) is 10.7. The molecule has 10 N–H and O–H groups in total. The second-order valence-corrected chi connectivity index (χ2v) is 20.9. The Labute approximate surface area is 447 Å². The Bertz CT molecular complexity index is 2090. The quantitative estimate of drug-likeness (QED) is 0.0574. The lowest BCUT2D eigenvalue weighted by molar-refractivity contribution is -0.144. The number of fused-ring (bicyclic) bond motifs is 2. The number of likely N-dealkylation sites (N-methyl/N-ethyl adjacent to an activating group) is 2. The van der Waals surface area contributed by atoms with Crippen LogP contribution in [-0.4, -0.2) is 156 Å². The van der Waals surface area contributed by atoms with Gasteiger partial charge in [-0.3, -0.25) is 38.4 Å². The Kier molecular flexibility index (Phi) is 23.0. The summed E-state index contributed by atoms with van der Waals surface area (Å²) in [5, 5.41) is 44.0. The summed E-state index contributed by atoms with van der Waals surface area (Å²) < 4.78 is 0. The maximum atomic E-state index is 14.2.